The van der Waals surface area contributed by atoms with Crippen LogP contribution in [-0.2, 0) is 11.2 Å². The molecule has 1 aromatic rings. The summed E-state index contributed by atoms with van der Waals surface area (Å²) in [6.45, 7) is 6.54. The number of benzene rings is 1. The molecule has 5 nitrogen and oxygen atoms in total. The van der Waals surface area contributed by atoms with E-state index < -0.39 is 0 Å². The summed E-state index contributed by atoms with van der Waals surface area (Å²) in [6, 6.07) is 6.94. The molecule has 0 radical (unpaired) electrons. The summed E-state index contributed by atoms with van der Waals surface area (Å²) in [5.74, 6) is 0.994. The maximum absolute atomic E-state index is 10.7. The first-order valence-electron chi connectivity index (χ1n) is 10.8. The number of likely N-dealkylation sites (tertiary alicyclic amines) is 1. The first-order chi connectivity index (χ1) is 14.6. The molecular formula is C23H32IN3O2S. The number of ether oxygens (including phenoxy) is 1. The van der Waals surface area contributed by atoms with Crippen molar-refractivity contribution in [3.63, 3.8) is 0 Å². The van der Waals surface area contributed by atoms with Gasteiger partial charge < -0.3 is 9.64 Å². The van der Waals surface area contributed by atoms with Crippen molar-refractivity contribution < 1.29 is 9.53 Å². The molecule has 1 amide bonds. The molecule has 0 saturated carbocycles. The van der Waals surface area contributed by atoms with E-state index in [1.165, 1.54) is 34.0 Å². The van der Waals surface area contributed by atoms with Gasteiger partial charge in [-0.25, -0.2) is 5.43 Å². The Balaban J connectivity index is 1.72. The van der Waals surface area contributed by atoms with E-state index in [0.29, 0.717) is 12.5 Å². The van der Waals surface area contributed by atoms with E-state index in [2.05, 4.69) is 57.1 Å². The molecule has 164 valence electrons. The molecule has 1 saturated heterocycles. The SMILES string of the molecule is C#SC(C)/C(=N\NC=O)c1ccc2c(c1)CCC1(CCN(C(CC)CCI)CC1)O2. The normalized spacial score (nSPS) is 20.7. The van der Waals surface area contributed by atoms with Gasteiger partial charge in [-0.3, -0.25) is 4.79 Å². The van der Waals surface area contributed by atoms with Crippen molar-refractivity contribution in [2.45, 2.75) is 69.3 Å². The Morgan fingerprint density at radius 1 is 1.43 bits per heavy atom. The fourth-order valence-electron chi connectivity index (χ4n) is 4.65. The average Bonchev–Trinajstić information content (AvgIpc) is 2.78. The minimum Gasteiger partial charge on any atom is -0.487 e. The second kappa shape index (κ2) is 10.9. The number of hydrazone groups is 1. The molecule has 2 aliphatic heterocycles. The molecule has 2 heterocycles. The molecule has 1 spiro atoms. The Kier molecular flexibility index (Phi) is 8.57. The Bertz CT molecular complexity index is 815. The van der Waals surface area contributed by atoms with Gasteiger partial charge in [-0.15, -0.1) is 16.9 Å². The predicted octanol–water partition coefficient (Wildman–Crippen LogP) is 4.61. The van der Waals surface area contributed by atoms with Crippen LogP contribution in [0.3, 0.4) is 0 Å². The monoisotopic (exact) mass is 541 g/mol. The maximum atomic E-state index is 10.7. The van der Waals surface area contributed by atoms with Crippen molar-refractivity contribution >= 4 is 45.9 Å². The smallest absolute Gasteiger partial charge is 0.227 e. The minimum absolute atomic E-state index is 0.0234. The van der Waals surface area contributed by atoms with Crippen LogP contribution in [0.1, 0.15) is 57.1 Å². The summed E-state index contributed by atoms with van der Waals surface area (Å²) >= 11 is 3.71. The van der Waals surface area contributed by atoms with Crippen LogP contribution in [0.5, 0.6) is 5.75 Å². The average molecular weight is 541 g/mol. The van der Waals surface area contributed by atoms with Gasteiger partial charge in [0.1, 0.15) is 11.4 Å². The fourth-order valence-corrected chi connectivity index (χ4v) is 5.69. The van der Waals surface area contributed by atoms with Crippen LogP contribution < -0.4 is 10.2 Å². The third-order valence-corrected chi connectivity index (χ3v) is 7.75. The summed E-state index contributed by atoms with van der Waals surface area (Å²) in [5, 5.41) is 4.19. The van der Waals surface area contributed by atoms with Gasteiger partial charge in [-0.2, -0.15) is 5.10 Å². The Labute approximate surface area is 197 Å². The Morgan fingerprint density at radius 2 is 2.20 bits per heavy atom. The number of hydrogen-bond acceptors (Lipinski definition) is 4. The highest BCUT2D eigenvalue weighted by Crippen LogP contribution is 2.40. The summed E-state index contributed by atoms with van der Waals surface area (Å²) < 4.78 is 7.84. The van der Waals surface area contributed by atoms with Crippen molar-refractivity contribution in [2.75, 3.05) is 17.5 Å². The van der Waals surface area contributed by atoms with E-state index in [-0.39, 0.29) is 10.9 Å². The number of carbonyl (C=O) groups is 1. The third kappa shape index (κ3) is 5.36. The lowest BCUT2D eigenvalue weighted by Gasteiger charge is -2.46. The lowest BCUT2D eigenvalue weighted by atomic mass is 9.82. The van der Waals surface area contributed by atoms with E-state index in [1.807, 2.05) is 13.0 Å². The predicted molar refractivity (Wildman–Crippen MR) is 134 cm³/mol. The highest BCUT2D eigenvalue weighted by Gasteiger charge is 2.40. The van der Waals surface area contributed by atoms with E-state index in [4.69, 9.17) is 10.4 Å². The van der Waals surface area contributed by atoms with Crippen LogP contribution in [0.4, 0.5) is 0 Å². The van der Waals surface area contributed by atoms with Crippen molar-refractivity contribution in [3.05, 3.63) is 29.3 Å². The molecular weight excluding hydrogens is 509 g/mol. The van der Waals surface area contributed by atoms with Crippen molar-refractivity contribution in [3.8, 4) is 11.4 Å². The zero-order valence-electron chi connectivity index (χ0n) is 17.9. The lowest BCUT2D eigenvalue weighted by Crippen LogP contribution is -2.52. The van der Waals surface area contributed by atoms with Gasteiger partial charge in [0.25, 0.3) is 0 Å². The topological polar surface area (TPSA) is 53.9 Å². The van der Waals surface area contributed by atoms with Crippen molar-refractivity contribution in [2.24, 2.45) is 5.10 Å². The van der Waals surface area contributed by atoms with Gasteiger partial charge >= 0.3 is 0 Å². The molecule has 0 aromatic heterocycles. The van der Waals surface area contributed by atoms with Crippen LogP contribution >= 0.6 is 33.8 Å². The van der Waals surface area contributed by atoms with Gasteiger partial charge in [0.15, 0.2) is 0 Å². The fraction of sp³-hybridized carbons (Fsp3) is 0.609. The molecule has 2 aliphatic rings. The van der Waals surface area contributed by atoms with Crippen LogP contribution in [0.15, 0.2) is 23.3 Å². The van der Waals surface area contributed by atoms with Gasteiger partial charge in [0.2, 0.25) is 6.41 Å². The molecule has 1 aromatic carbocycles. The highest BCUT2D eigenvalue weighted by atomic mass is 127. The molecule has 30 heavy (non-hydrogen) atoms. The largest absolute Gasteiger partial charge is 0.487 e. The number of piperidine rings is 1. The Morgan fingerprint density at radius 3 is 2.83 bits per heavy atom. The van der Waals surface area contributed by atoms with Crippen LogP contribution in [0, 0.1) is 5.69 Å². The van der Waals surface area contributed by atoms with Gasteiger partial charge in [-0.05, 0) is 74.8 Å². The second-order valence-electron chi connectivity index (χ2n) is 8.21. The second-order valence-corrected chi connectivity index (χ2v) is 10.3. The van der Waals surface area contributed by atoms with E-state index in [1.54, 1.807) is 0 Å². The van der Waals surface area contributed by atoms with E-state index in [9.17, 15) is 4.79 Å². The first kappa shape index (κ1) is 23.5. The number of alkyl halides is 1. The summed E-state index contributed by atoms with van der Waals surface area (Å²) in [4.78, 5) is 13.4. The molecule has 0 aliphatic carbocycles. The van der Waals surface area contributed by atoms with Gasteiger partial charge in [0.05, 0.1) is 11.0 Å². The Hall–Kier alpha value is -1.15. The molecule has 0 bridgehead atoms. The number of aryl methyl sites for hydroxylation is 1. The molecule has 7 heteroatoms. The third-order valence-electron chi connectivity index (χ3n) is 6.50. The molecule has 2 unspecified atom stereocenters. The quantitative estimate of drug-likeness (QED) is 0.172. The summed E-state index contributed by atoms with van der Waals surface area (Å²) in [5.41, 5.74) is 11.1. The number of halogens is 1. The first-order valence-corrected chi connectivity index (χ1v) is 13.3. The standard InChI is InChI=1S/C23H32IN3O2S/c1-4-20(8-12-24)27-13-10-23(11-14-27)9-7-18-15-19(5-6-21(18)29-23)22(17(2)30-3)26-25-16-28/h3,5-6,15-17,20H,4,7-14H2,1-2H3,(H,25,28)/b26-22+. The van der Waals surface area contributed by atoms with Gasteiger partial charge in [0, 0.05) is 23.6 Å². The van der Waals surface area contributed by atoms with Crippen molar-refractivity contribution in [1.29, 1.82) is 0 Å². The van der Waals surface area contributed by atoms with Gasteiger partial charge in [-0.1, -0.05) is 29.5 Å². The summed E-state index contributed by atoms with van der Waals surface area (Å²) in [6.07, 6.45) is 7.34. The van der Waals surface area contributed by atoms with Crippen LogP contribution in [0.25, 0.3) is 0 Å². The molecule has 3 rings (SSSR count). The van der Waals surface area contributed by atoms with Crippen molar-refractivity contribution in [1.82, 2.24) is 10.3 Å². The number of nitrogens with zero attached hydrogens (tertiary/aromatic N) is 2. The van der Waals surface area contributed by atoms with E-state index >= 15 is 0 Å². The van der Waals surface area contributed by atoms with E-state index in [0.717, 1.165) is 55.8 Å². The number of hydrogen-bond donors (Lipinski definition) is 1. The highest BCUT2D eigenvalue weighted by molar-refractivity contribution is 14.1. The maximum Gasteiger partial charge on any atom is 0.227 e. The van der Waals surface area contributed by atoms with Crippen LogP contribution in [0.2, 0.25) is 0 Å². The number of nitrogens with one attached hydrogen (secondary N) is 1. The number of amides is 1. The summed E-state index contributed by atoms with van der Waals surface area (Å²) in [7, 11) is 0. The minimum atomic E-state index is -0.0238. The number of rotatable bonds is 8. The zero-order chi connectivity index (χ0) is 21.6. The zero-order valence-corrected chi connectivity index (χ0v) is 20.9. The number of fused-ring (bicyclic) bond motifs is 1. The number of carbonyl (C=O) groups excluding carboxylic acids is 1. The molecule has 2 atom stereocenters. The molecule has 1 N–H and O–H groups in total. The van der Waals surface area contributed by atoms with Crippen LogP contribution in [-0.4, -0.2) is 51.4 Å². The lowest BCUT2D eigenvalue weighted by molar-refractivity contribution is -0.109. The molecule has 1 fully saturated rings.